The molecule has 0 spiro atoms. The average Bonchev–Trinajstić information content (AvgIpc) is 3.47. The Bertz CT molecular complexity index is 1510. The summed E-state index contributed by atoms with van der Waals surface area (Å²) in [5.41, 5.74) is 5.57. The van der Waals surface area contributed by atoms with Crippen LogP contribution in [0.4, 0.5) is 11.4 Å². The summed E-state index contributed by atoms with van der Waals surface area (Å²) in [6.07, 6.45) is 0. The molecule has 0 atom stereocenters. The molecule has 0 saturated heterocycles. The molecule has 0 aliphatic heterocycles. The number of nitrogens with one attached hydrogen (secondary N) is 2. The van der Waals surface area contributed by atoms with Crippen molar-refractivity contribution < 1.29 is 14.3 Å². The fourth-order valence-corrected chi connectivity index (χ4v) is 4.02. The molecule has 0 aliphatic rings. The molecule has 1 aromatic heterocycles. The highest BCUT2D eigenvalue weighted by molar-refractivity contribution is 6.03. The molecule has 5 aromatic rings. The van der Waals surface area contributed by atoms with Crippen molar-refractivity contribution in [1.82, 2.24) is 10.2 Å². The molecular weight excluding hydrogens is 488 g/mol. The smallest absolute Gasteiger partial charge is 0.273 e. The normalized spacial score (nSPS) is 10.6. The second-order valence-electron chi connectivity index (χ2n) is 9.27. The van der Waals surface area contributed by atoms with Crippen LogP contribution in [0.2, 0.25) is 0 Å². The van der Waals surface area contributed by atoms with Crippen LogP contribution >= 0.6 is 0 Å². The van der Waals surface area contributed by atoms with E-state index in [9.17, 15) is 4.79 Å². The Labute approximate surface area is 228 Å². The number of anilines is 2. The van der Waals surface area contributed by atoms with Crippen molar-refractivity contribution in [2.24, 2.45) is 0 Å². The van der Waals surface area contributed by atoms with E-state index in [2.05, 4.69) is 15.5 Å². The number of aromatic amines is 1. The lowest BCUT2D eigenvalue weighted by atomic mass is 10.1. The summed E-state index contributed by atoms with van der Waals surface area (Å²) in [4.78, 5) is 14.9. The molecule has 39 heavy (non-hydrogen) atoms. The van der Waals surface area contributed by atoms with Crippen LogP contribution in [0.5, 0.6) is 11.5 Å². The van der Waals surface area contributed by atoms with Crippen molar-refractivity contribution in [3.05, 3.63) is 126 Å². The van der Waals surface area contributed by atoms with E-state index in [4.69, 9.17) is 9.47 Å². The number of nitrogens with zero attached hydrogens (tertiary/aromatic N) is 2. The van der Waals surface area contributed by atoms with Gasteiger partial charge in [-0.2, -0.15) is 5.10 Å². The Morgan fingerprint density at radius 3 is 2.08 bits per heavy atom. The number of hydrogen-bond donors (Lipinski definition) is 2. The van der Waals surface area contributed by atoms with Crippen molar-refractivity contribution >= 4 is 17.3 Å². The summed E-state index contributed by atoms with van der Waals surface area (Å²) >= 11 is 0. The van der Waals surface area contributed by atoms with E-state index in [1.54, 1.807) is 6.07 Å². The van der Waals surface area contributed by atoms with Crippen molar-refractivity contribution in [3.8, 4) is 22.8 Å². The molecule has 2 N–H and O–H groups in total. The number of carbonyl (C=O) groups excluding carboxylic acids is 1. The first-order valence-corrected chi connectivity index (χ1v) is 12.7. The number of H-pyrrole nitrogens is 1. The zero-order valence-electron chi connectivity index (χ0n) is 21.9. The third-order valence-electron chi connectivity index (χ3n) is 6.18. The van der Waals surface area contributed by atoms with Gasteiger partial charge in [-0.05, 0) is 53.6 Å². The zero-order valence-corrected chi connectivity index (χ0v) is 21.9. The molecule has 0 radical (unpaired) electrons. The predicted octanol–water partition coefficient (Wildman–Crippen LogP) is 6.55. The van der Waals surface area contributed by atoms with E-state index in [-0.39, 0.29) is 5.91 Å². The Morgan fingerprint density at radius 1 is 0.795 bits per heavy atom. The first-order chi connectivity index (χ1) is 19.0. The molecule has 0 unspecified atom stereocenters. The van der Waals surface area contributed by atoms with Crippen LogP contribution in [0.1, 0.15) is 21.6 Å². The molecular formula is C32H30N4O3. The highest BCUT2D eigenvalue weighted by Crippen LogP contribution is 2.34. The maximum Gasteiger partial charge on any atom is 0.273 e. The third kappa shape index (κ3) is 6.64. The molecule has 7 heteroatoms. The lowest BCUT2D eigenvalue weighted by molar-refractivity contribution is 0.102. The predicted molar refractivity (Wildman–Crippen MR) is 154 cm³/mol. The largest absolute Gasteiger partial charge is 0.489 e. The monoisotopic (exact) mass is 518 g/mol. The molecule has 4 aromatic carbocycles. The summed E-state index contributed by atoms with van der Waals surface area (Å²) in [6, 6.07) is 35.0. The number of carbonyl (C=O) groups is 1. The molecule has 0 saturated carbocycles. The van der Waals surface area contributed by atoms with Gasteiger partial charge in [0.2, 0.25) is 0 Å². The number of aromatic nitrogens is 2. The minimum Gasteiger partial charge on any atom is -0.489 e. The molecule has 1 amide bonds. The van der Waals surface area contributed by atoms with Gasteiger partial charge >= 0.3 is 0 Å². The lowest BCUT2D eigenvalue weighted by Gasteiger charge is -2.13. The fraction of sp³-hybridized carbons (Fsp3) is 0.125. The van der Waals surface area contributed by atoms with E-state index >= 15 is 0 Å². The summed E-state index contributed by atoms with van der Waals surface area (Å²) in [6.45, 7) is 0.831. The van der Waals surface area contributed by atoms with Gasteiger partial charge in [-0.25, -0.2) is 0 Å². The molecule has 7 nitrogen and oxygen atoms in total. The van der Waals surface area contributed by atoms with E-state index in [0.29, 0.717) is 41.8 Å². The van der Waals surface area contributed by atoms with Crippen molar-refractivity contribution in [2.75, 3.05) is 24.3 Å². The minimum atomic E-state index is -0.277. The molecule has 5 rings (SSSR count). The van der Waals surface area contributed by atoms with E-state index < -0.39 is 0 Å². The lowest BCUT2D eigenvalue weighted by Crippen LogP contribution is -2.13. The third-order valence-corrected chi connectivity index (χ3v) is 6.18. The van der Waals surface area contributed by atoms with Gasteiger partial charge in [0, 0.05) is 37.1 Å². The second kappa shape index (κ2) is 12.0. The van der Waals surface area contributed by atoms with Crippen LogP contribution in [0, 0.1) is 0 Å². The first-order valence-electron chi connectivity index (χ1n) is 12.7. The van der Waals surface area contributed by atoms with Gasteiger partial charge in [-0.15, -0.1) is 0 Å². The van der Waals surface area contributed by atoms with Gasteiger partial charge in [-0.1, -0.05) is 60.7 Å². The van der Waals surface area contributed by atoms with Crippen LogP contribution in [0.3, 0.4) is 0 Å². The Kier molecular flexibility index (Phi) is 7.88. The maximum atomic E-state index is 12.9. The first kappa shape index (κ1) is 25.6. The van der Waals surface area contributed by atoms with Gasteiger partial charge in [0.25, 0.3) is 5.91 Å². The van der Waals surface area contributed by atoms with E-state index in [1.165, 1.54) is 0 Å². The maximum absolute atomic E-state index is 12.9. The number of benzene rings is 4. The van der Waals surface area contributed by atoms with Gasteiger partial charge in [-0.3, -0.25) is 9.89 Å². The van der Waals surface area contributed by atoms with Gasteiger partial charge in [0.1, 0.15) is 30.4 Å². The zero-order chi connectivity index (χ0) is 27.0. The molecule has 0 bridgehead atoms. The molecule has 196 valence electrons. The quantitative estimate of drug-likeness (QED) is 0.219. The van der Waals surface area contributed by atoms with Crippen LogP contribution in [-0.4, -0.2) is 30.2 Å². The second-order valence-corrected chi connectivity index (χ2v) is 9.27. The van der Waals surface area contributed by atoms with E-state index in [1.807, 2.05) is 122 Å². The van der Waals surface area contributed by atoms with Gasteiger partial charge in [0.15, 0.2) is 0 Å². The summed E-state index contributed by atoms with van der Waals surface area (Å²) < 4.78 is 12.3. The van der Waals surface area contributed by atoms with Crippen molar-refractivity contribution in [3.63, 3.8) is 0 Å². The highest BCUT2D eigenvalue weighted by atomic mass is 16.5. The van der Waals surface area contributed by atoms with Crippen LogP contribution in [-0.2, 0) is 13.2 Å². The number of amides is 1. The molecule has 0 fully saturated rings. The van der Waals surface area contributed by atoms with Gasteiger partial charge in [0.05, 0.1) is 5.69 Å². The van der Waals surface area contributed by atoms with E-state index in [0.717, 1.165) is 22.4 Å². The van der Waals surface area contributed by atoms with Gasteiger partial charge < -0.3 is 19.7 Å². The number of hydrogen-bond acceptors (Lipinski definition) is 5. The topological polar surface area (TPSA) is 79.5 Å². The SMILES string of the molecule is CN(C)c1ccc(NC(=O)c2cc(-c3ccc(OCc4ccccc4)cc3OCc3ccccc3)n[nH]2)cc1. The average molecular weight is 519 g/mol. The number of ether oxygens (including phenoxy) is 2. The van der Waals surface area contributed by atoms with Crippen LogP contribution < -0.4 is 19.7 Å². The minimum absolute atomic E-state index is 0.277. The molecule has 0 aliphatic carbocycles. The van der Waals surface area contributed by atoms with Crippen molar-refractivity contribution in [2.45, 2.75) is 13.2 Å². The summed E-state index contributed by atoms with van der Waals surface area (Å²) in [5.74, 6) is 1.02. The van der Waals surface area contributed by atoms with Crippen LogP contribution in [0.25, 0.3) is 11.3 Å². The Balaban J connectivity index is 1.35. The summed E-state index contributed by atoms with van der Waals surface area (Å²) in [7, 11) is 3.94. The highest BCUT2D eigenvalue weighted by Gasteiger charge is 2.16. The Morgan fingerprint density at radius 2 is 1.44 bits per heavy atom. The van der Waals surface area contributed by atoms with Crippen molar-refractivity contribution in [1.29, 1.82) is 0 Å². The fourth-order valence-electron chi connectivity index (χ4n) is 4.02. The standard InChI is InChI=1S/C32H30N4O3/c1-36(2)26-15-13-25(14-16-26)33-32(37)30-20-29(34-35-30)28-18-17-27(38-21-23-9-5-3-6-10-23)19-31(28)39-22-24-11-7-4-8-12-24/h3-20H,21-22H2,1-2H3,(H,33,37)(H,34,35). The van der Waals surface area contributed by atoms with Crippen LogP contribution in [0.15, 0.2) is 109 Å². The Hall–Kier alpha value is -5.04. The number of rotatable bonds is 10. The molecule has 1 heterocycles. The summed E-state index contributed by atoms with van der Waals surface area (Å²) in [5, 5.41) is 10.2.